The standard InChI is InChI=1S/C10H17NO2S/c1-4-9(14-6-5-11)10(12)13-7-8(2)3/h8-9H,4,6-7H2,1-3H3. The third-order valence-corrected chi connectivity index (χ3v) is 2.77. The molecule has 0 heterocycles. The molecule has 0 aromatic rings. The molecule has 0 saturated heterocycles. The van der Waals surface area contributed by atoms with Crippen LogP contribution in [0.3, 0.4) is 0 Å². The van der Waals surface area contributed by atoms with Crippen LogP contribution in [0.25, 0.3) is 0 Å². The molecule has 0 fully saturated rings. The second kappa shape index (κ2) is 7.69. The Hall–Kier alpha value is -0.690. The van der Waals surface area contributed by atoms with Crippen LogP contribution in [0, 0.1) is 17.2 Å². The van der Waals surface area contributed by atoms with E-state index in [2.05, 4.69) is 0 Å². The second-order valence-corrected chi connectivity index (χ2v) is 4.58. The van der Waals surface area contributed by atoms with Crippen LogP contribution in [-0.4, -0.2) is 23.6 Å². The topological polar surface area (TPSA) is 50.1 Å². The summed E-state index contributed by atoms with van der Waals surface area (Å²) in [5.74, 6) is 0.508. The lowest BCUT2D eigenvalue weighted by molar-refractivity contribution is -0.144. The molecule has 1 atom stereocenters. The van der Waals surface area contributed by atoms with Gasteiger partial charge >= 0.3 is 5.97 Å². The predicted octanol–water partition coefficient (Wildman–Crippen LogP) is 2.22. The summed E-state index contributed by atoms with van der Waals surface area (Å²) in [6.45, 7) is 6.38. The SMILES string of the molecule is CCC(SCC#N)C(=O)OCC(C)C. The van der Waals surface area contributed by atoms with Gasteiger partial charge in [-0.1, -0.05) is 20.8 Å². The van der Waals surface area contributed by atoms with E-state index in [1.54, 1.807) is 0 Å². The first-order valence-electron chi connectivity index (χ1n) is 4.77. The van der Waals surface area contributed by atoms with Crippen LogP contribution in [-0.2, 0) is 9.53 Å². The van der Waals surface area contributed by atoms with Gasteiger partial charge in [-0.3, -0.25) is 4.79 Å². The van der Waals surface area contributed by atoms with Crippen molar-refractivity contribution in [3.05, 3.63) is 0 Å². The highest BCUT2D eigenvalue weighted by Gasteiger charge is 2.18. The van der Waals surface area contributed by atoms with Crippen molar-refractivity contribution in [2.75, 3.05) is 12.4 Å². The molecule has 0 radical (unpaired) electrons. The van der Waals surface area contributed by atoms with Gasteiger partial charge in [-0.25, -0.2) is 0 Å². The van der Waals surface area contributed by atoms with Crippen molar-refractivity contribution in [2.45, 2.75) is 32.4 Å². The van der Waals surface area contributed by atoms with E-state index in [-0.39, 0.29) is 11.2 Å². The largest absolute Gasteiger partial charge is 0.465 e. The van der Waals surface area contributed by atoms with Crippen LogP contribution in [0.2, 0.25) is 0 Å². The summed E-state index contributed by atoms with van der Waals surface area (Å²) in [5, 5.41) is 8.20. The minimum Gasteiger partial charge on any atom is -0.465 e. The Morgan fingerprint density at radius 3 is 2.64 bits per heavy atom. The van der Waals surface area contributed by atoms with Crippen LogP contribution in [0.5, 0.6) is 0 Å². The summed E-state index contributed by atoms with van der Waals surface area (Å²) in [6, 6.07) is 2.01. The number of hydrogen-bond acceptors (Lipinski definition) is 4. The molecule has 0 aromatic heterocycles. The fraction of sp³-hybridized carbons (Fsp3) is 0.800. The maximum Gasteiger partial charge on any atom is 0.319 e. The van der Waals surface area contributed by atoms with Gasteiger partial charge in [0.2, 0.25) is 0 Å². The first kappa shape index (κ1) is 13.3. The number of esters is 1. The van der Waals surface area contributed by atoms with Crippen molar-refractivity contribution in [1.82, 2.24) is 0 Å². The molecule has 0 N–H and O–H groups in total. The lowest BCUT2D eigenvalue weighted by Gasteiger charge is -2.13. The number of hydrogen-bond donors (Lipinski definition) is 0. The number of nitrogens with zero attached hydrogens (tertiary/aromatic N) is 1. The lowest BCUT2D eigenvalue weighted by Crippen LogP contribution is -2.21. The third-order valence-electron chi connectivity index (χ3n) is 1.54. The van der Waals surface area contributed by atoms with E-state index in [0.717, 1.165) is 0 Å². The van der Waals surface area contributed by atoms with Gasteiger partial charge in [-0.15, -0.1) is 11.8 Å². The number of thioether (sulfide) groups is 1. The molecule has 0 spiro atoms. The Bertz CT molecular complexity index is 211. The maximum absolute atomic E-state index is 11.4. The van der Waals surface area contributed by atoms with Gasteiger partial charge in [-0.2, -0.15) is 5.26 Å². The summed E-state index contributed by atoms with van der Waals surface area (Å²) >= 11 is 1.35. The molecule has 4 heteroatoms. The molecule has 0 rings (SSSR count). The van der Waals surface area contributed by atoms with Crippen molar-refractivity contribution in [1.29, 1.82) is 5.26 Å². The van der Waals surface area contributed by atoms with Gasteiger partial charge in [0.15, 0.2) is 0 Å². The number of ether oxygens (including phenoxy) is 1. The zero-order valence-electron chi connectivity index (χ0n) is 8.95. The molecule has 1 unspecified atom stereocenters. The van der Waals surface area contributed by atoms with Crippen LogP contribution in [0.4, 0.5) is 0 Å². The average molecular weight is 215 g/mol. The van der Waals surface area contributed by atoms with Crippen LogP contribution in [0.15, 0.2) is 0 Å². The number of nitriles is 1. The van der Waals surface area contributed by atoms with Crippen molar-refractivity contribution < 1.29 is 9.53 Å². The van der Waals surface area contributed by atoms with Gasteiger partial charge in [0.1, 0.15) is 5.25 Å². The van der Waals surface area contributed by atoms with Gasteiger partial charge in [-0.05, 0) is 12.3 Å². The quantitative estimate of drug-likeness (QED) is 0.637. The fourth-order valence-corrected chi connectivity index (χ4v) is 1.55. The van der Waals surface area contributed by atoms with E-state index < -0.39 is 0 Å². The fourth-order valence-electron chi connectivity index (χ4n) is 0.832. The van der Waals surface area contributed by atoms with Crippen LogP contribution < -0.4 is 0 Å². The Morgan fingerprint density at radius 2 is 2.21 bits per heavy atom. The Balaban J connectivity index is 3.86. The highest BCUT2D eigenvalue weighted by molar-refractivity contribution is 8.00. The van der Waals surface area contributed by atoms with Crippen molar-refractivity contribution in [3.63, 3.8) is 0 Å². The normalized spacial score (nSPS) is 12.2. The molecule has 80 valence electrons. The van der Waals surface area contributed by atoms with Gasteiger partial charge in [0, 0.05) is 0 Å². The molecule has 14 heavy (non-hydrogen) atoms. The Kier molecular flexibility index (Phi) is 7.31. The van der Waals surface area contributed by atoms with E-state index in [1.165, 1.54) is 11.8 Å². The molecule has 0 aliphatic carbocycles. The molecule has 0 aliphatic heterocycles. The maximum atomic E-state index is 11.4. The first-order chi connectivity index (χ1) is 6.61. The van der Waals surface area contributed by atoms with Crippen LogP contribution >= 0.6 is 11.8 Å². The average Bonchev–Trinajstić information content (AvgIpc) is 2.16. The molecule has 0 bridgehead atoms. The Labute approximate surface area is 89.8 Å². The van der Waals surface area contributed by atoms with E-state index >= 15 is 0 Å². The summed E-state index contributed by atoms with van der Waals surface area (Å²) < 4.78 is 5.08. The van der Waals surface area contributed by atoms with Crippen molar-refractivity contribution >= 4 is 17.7 Å². The summed E-state index contributed by atoms with van der Waals surface area (Å²) in [4.78, 5) is 11.4. The molecule has 0 aromatic carbocycles. The minimum atomic E-state index is -0.193. The van der Waals surface area contributed by atoms with Gasteiger partial charge in [0.05, 0.1) is 18.4 Å². The van der Waals surface area contributed by atoms with E-state index in [9.17, 15) is 4.79 Å². The van der Waals surface area contributed by atoms with Crippen LogP contribution in [0.1, 0.15) is 27.2 Å². The third kappa shape index (κ3) is 5.87. The minimum absolute atomic E-state index is 0.187. The zero-order chi connectivity index (χ0) is 11.0. The lowest BCUT2D eigenvalue weighted by atomic mass is 10.2. The van der Waals surface area contributed by atoms with Crippen molar-refractivity contribution in [3.8, 4) is 6.07 Å². The number of carbonyl (C=O) groups excluding carboxylic acids is 1. The van der Waals surface area contributed by atoms with Gasteiger partial charge < -0.3 is 4.74 Å². The highest BCUT2D eigenvalue weighted by atomic mass is 32.2. The number of rotatable bonds is 6. The predicted molar refractivity (Wildman–Crippen MR) is 57.9 cm³/mol. The summed E-state index contributed by atoms with van der Waals surface area (Å²) in [5.41, 5.74) is 0. The molecule has 0 saturated carbocycles. The molecule has 0 aliphatic rings. The van der Waals surface area contributed by atoms with Crippen molar-refractivity contribution in [2.24, 2.45) is 5.92 Å². The smallest absolute Gasteiger partial charge is 0.319 e. The second-order valence-electron chi connectivity index (χ2n) is 3.39. The summed E-state index contributed by atoms with van der Waals surface area (Å²) in [7, 11) is 0. The van der Waals surface area contributed by atoms with E-state index in [1.807, 2.05) is 26.8 Å². The number of carbonyl (C=O) groups is 1. The molecular formula is C10H17NO2S. The molecular weight excluding hydrogens is 198 g/mol. The Morgan fingerprint density at radius 1 is 1.57 bits per heavy atom. The molecule has 3 nitrogen and oxygen atoms in total. The zero-order valence-corrected chi connectivity index (χ0v) is 9.76. The molecule has 0 amide bonds. The van der Waals surface area contributed by atoms with Gasteiger partial charge in [0.25, 0.3) is 0 Å². The first-order valence-corrected chi connectivity index (χ1v) is 5.81. The summed E-state index contributed by atoms with van der Waals surface area (Å²) in [6.07, 6.45) is 0.712. The highest BCUT2D eigenvalue weighted by Crippen LogP contribution is 2.15. The van der Waals surface area contributed by atoms with E-state index in [4.69, 9.17) is 10.00 Å². The monoisotopic (exact) mass is 215 g/mol. The van der Waals surface area contributed by atoms with E-state index in [0.29, 0.717) is 24.7 Å².